The summed E-state index contributed by atoms with van der Waals surface area (Å²) in [6, 6.07) is 1.51. The molecule has 1 aromatic rings. The lowest BCUT2D eigenvalue weighted by molar-refractivity contribution is -0.476. The fourth-order valence-corrected chi connectivity index (χ4v) is 13.6. The molecular formula is C42H54O19. The van der Waals surface area contributed by atoms with Crippen molar-refractivity contribution in [1.82, 2.24) is 0 Å². The van der Waals surface area contributed by atoms with E-state index in [0.717, 1.165) is 21.0 Å². The lowest BCUT2D eigenvalue weighted by atomic mass is 9.32. The highest BCUT2D eigenvalue weighted by atomic mass is 17.0. The minimum Gasteiger partial charge on any atom is -0.472 e. The molecule has 16 atom stereocenters. The van der Waals surface area contributed by atoms with Gasteiger partial charge in [-0.1, -0.05) is 27.7 Å². The number of furan rings is 1. The third kappa shape index (κ3) is 4.74. The molecule has 19 nitrogen and oxygen atoms in total. The number of methoxy groups -OCH3 is 2. The number of carbonyl (C=O) groups is 6. The SMILES string of the molecule is CCC(=O)OC1C2(OC(C)=O)C(OC(=O)[C@@]3(C)O[C@@H]3C)[C@@]3(C)CC2(O)[C@@](C)([C@H]3CC(=O)OC)[C@]23OC4(C)O[C@](CC(=O)OC)([C@@]12O4)[C@](C)([C@H](OC(C)=O)c1ccoc1)CC3O. The summed E-state index contributed by atoms with van der Waals surface area (Å²) in [5, 5.41) is 27.5. The second kappa shape index (κ2) is 13.0. The molecule has 0 aromatic carbocycles. The Hall–Kier alpha value is -4.14. The van der Waals surface area contributed by atoms with Crippen LogP contribution in [0.2, 0.25) is 0 Å². The fraction of sp³-hybridized carbons (Fsp3) is 0.762. The number of fused-ring (bicyclic) bond motifs is 2. The number of carbonyl (C=O) groups excluding carboxylic acids is 6. The number of epoxide rings is 1. The Morgan fingerprint density at radius 2 is 1.52 bits per heavy atom. The minimum absolute atomic E-state index is 0.255. The van der Waals surface area contributed by atoms with Crippen molar-refractivity contribution in [1.29, 1.82) is 0 Å². The standard InChI is InChI=1S/C42H54O19/c1-12-26(46)55-31-40(58-22(4)44)30(56-32(49)35(7)20(2)57-35)33(5)19-38(40,50)36(8,24(33)15-27(47)51-10)41-25(45)16-34(6,29(54-21(3)43)23-13-14-53-18-23)39(17-28(48)52-11)42(31,41)61-37(9,59-39)60-41/h13-14,18,20,24-25,29-31,45,50H,12,15-17,19H2,1-11H3/t20-,24+,25?,29-,30?,31?,33+,34+,35+,36-,37?,38?,39+,40?,41+,42+/m1/s1. The van der Waals surface area contributed by atoms with Gasteiger partial charge in [0.15, 0.2) is 23.4 Å². The Morgan fingerprint density at radius 1 is 0.885 bits per heavy atom. The summed E-state index contributed by atoms with van der Waals surface area (Å²) in [6.07, 6.45) is -7.67. The molecule has 0 amide bonds. The van der Waals surface area contributed by atoms with Crippen LogP contribution in [0.5, 0.6) is 0 Å². The number of ether oxygens (including phenoxy) is 10. The molecule has 0 radical (unpaired) electrons. The van der Waals surface area contributed by atoms with E-state index in [4.69, 9.17) is 51.8 Å². The molecule has 19 heteroatoms. The first kappa shape index (κ1) is 43.5. The first-order chi connectivity index (χ1) is 28.3. The largest absolute Gasteiger partial charge is 0.472 e. The Bertz CT molecular complexity index is 2090. The second-order valence-electron chi connectivity index (χ2n) is 18.7. The molecule has 4 heterocycles. The number of esters is 6. The van der Waals surface area contributed by atoms with E-state index in [1.807, 2.05) is 0 Å². The molecule has 4 bridgehead atoms. The van der Waals surface area contributed by atoms with Crippen LogP contribution in [-0.2, 0) is 76.1 Å². The Kier molecular flexibility index (Phi) is 9.25. The number of rotatable bonds is 12. The smallest absolute Gasteiger partial charge is 0.341 e. The van der Waals surface area contributed by atoms with Crippen molar-refractivity contribution in [3.63, 3.8) is 0 Å². The zero-order valence-corrected chi connectivity index (χ0v) is 36.1. The highest BCUT2D eigenvalue weighted by Gasteiger charge is 3.07. The van der Waals surface area contributed by atoms with E-state index in [-0.39, 0.29) is 12.0 Å². The molecule has 8 rings (SSSR count). The van der Waals surface area contributed by atoms with E-state index < -0.39 is 154 Å². The van der Waals surface area contributed by atoms with Crippen molar-refractivity contribution in [2.75, 3.05) is 14.2 Å². The fourth-order valence-electron chi connectivity index (χ4n) is 13.6. The van der Waals surface area contributed by atoms with E-state index in [1.165, 1.54) is 53.4 Å². The van der Waals surface area contributed by atoms with Gasteiger partial charge in [0.1, 0.15) is 22.9 Å². The van der Waals surface area contributed by atoms with Crippen LogP contribution in [0.15, 0.2) is 23.0 Å². The van der Waals surface area contributed by atoms with Crippen molar-refractivity contribution in [3.05, 3.63) is 24.2 Å². The quantitative estimate of drug-likeness (QED) is 0.174. The van der Waals surface area contributed by atoms with Gasteiger partial charge < -0.3 is 62.0 Å². The molecule has 2 N–H and O–H groups in total. The predicted molar refractivity (Wildman–Crippen MR) is 198 cm³/mol. The van der Waals surface area contributed by atoms with Gasteiger partial charge >= 0.3 is 35.8 Å². The van der Waals surface area contributed by atoms with E-state index in [2.05, 4.69) is 0 Å². The molecule has 7 aliphatic rings. The molecule has 6 unspecified atom stereocenters. The Balaban J connectivity index is 1.55. The first-order valence-electron chi connectivity index (χ1n) is 20.4. The van der Waals surface area contributed by atoms with E-state index >= 15 is 0 Å². The summed E-state index contributed by atoms with van der Waals surface area (Å²) in [7, 11) is 2.29. The van der Waals surface area contributed by atoms with Crippen LogP contribution in [0.3, 0.4) is 0 Å². The van der Waals surface area contributed by atoms with Gasteiger partial charge in [0.25, 0.3) is 5.97 Å². The normalized spacial score (nSPS) is 48.4. The van der Waals surface area contributed by atoms with Gasteiger partial charge in [-0.25, -0.2) is 4.79 Å². The Morgan fingerprint density at radius 3 is 2.07 bits per heavy atom. The van der Waals surface area contributed by atoms with E-state index in [0.29, 0.717) is 0 Å². The van der Waals surface area contributed by atoms with Gasteiger partial charge in [-0.15, -0.1) is 0 Å². The first-order valence-corrected chi connectivity index (χ1v) is 20.4. The molecule has 61 heavy (non-hydrogen) atoms. The molecule has 1 spiro atoms. The van der Waals surface area contributed by atoms with Crippen molar-refractivity contribution in [2.24, 2.45) is 22.2 Å². The summed E-state index contributed by atoms with van der Waals surface area (Å²) < 4.78 is 68.3. The average molecular weight is 863 g/mol. The summed E-state index contributed by atoms with van der Waals surface area (Å²) in [4.78, 5) is 83.5. The van der Waals surface area contributed by atoms with Gasteiger partial charge in [0.2, 0.25) is 5.60 Å². The summed E-state index contributed by atoms with van der Waals surface area (Å²) in [5.74, 6) is -8.88. The van der Waals surface area contributed by atoms with Crippen LogP contribution in [0.25, 0.3) is 0 Å². The van der Waals surface area contributed by atoms with Gasteiger partial charge in [-0.05, 0) is 38.7 Å². The zero-order chi connectivity index (χ0) is 44.9. The lowest BCUT2D eigenvalue weighted by Crippen LogP contribution is -2.99. The zero-order valence-electron chi connectivity index (χ0n) is 36.1. The molecular weight excluding hydrogens is 808 g/mol. The number of hydrogen-bond donors (Lipinski definition) is 2. The van der Waals surface area contributed by atoms with Gasteiger partial charge in [0, 0.05) is 55.4 Å². The number of hydrogen-bond acceptors (Lipinski definition) is 19. The van der Waals surface area contributed by atoms with Crippen LogP contribution < -0.4 is 0 Å². The highest BCUT2D eigenvalue weighted by molar-refractivity contribution is 5.83. The maximum atomic E-state index is 14.4. The van der Waals surface area contributed by atoms with Crippen LogP contribution in [-0.4, -0.2) is 124 Å². The molecule has 336 valence electrons. The van der Waals surface area contributed by atoms with Gasteiger partial charge in [-0.2, -0.15) is 0 Å². The molecule has 7 fully saturated rings. The monoisotopic (exact) mass is 862 g/mol. The Labute approximate surface area is 351 Å². The van der Waals surface area contributed by atoms with Crippen LogP contribution in [0, 0.1) is 22.2 Å². The topological polar surface area (TPSA) is 252 Å². The molecule has 3 saturated heterocycles. The third-order valence-corrected chi connectivity index (χ3v) is 15.9. The summed E-state index contributed by atoms with van der Waals surface area (Å²) >= 11 is 0. The van der Waals surface area contributed by atoms with Crippen LogP contribution in [0.1, 0.15) is 106 Å². The summed E-state index contributed by atoms with van der Waals surface area (Å²) in [6.45, 7) is 12.9. The molecule has 1 aromatic heterocycles. The van der Waals surface area contributed by atoms with Crippen molar-refractivity contribution < 1.29 is 90.8 Å². The van der Waals surface area contributed by atoms with Gasteiger partial charge in [0.05, 0.1) is 45.4 Å². The minimum atomic E-state index is -2.71. The number of aliphatic hydroxyl groups is 2. The molecule has 4 aliphatic carbocycles. The number of aliphatic hydroxyl groups excluding tert-OH is 1. The average Bonchev–Trinajstić information content (AvgIpc) is 3.64. The second-order valence-corrected chi connectivity index (χ2v) is 18.7. The summed E-state index contributed by atoms with van der Waals surface area (Å²) in [5.41, 5.74) is -19.4. The molecule has 4 saturated carbocycles. The van der Waals surface area contributed by atoms with Crippen molar-refractivity contribution in [3.8, 4) is 0 Å². The van der Waals surface area contributed by atoms with E-state index in [1.54, 1.807) is 20.8 Å². The van der Waals surface area contributed by atoms with Gasteiger partial charge in [-0.3, -0.25) is 24.0 Å². The van der Waals surface area contributed by atoms with Crippen molar-refractivity contribution in [2.45, 2.75) is 165 Å². The van der Waals surface area contributed by atoms with Crippen molar-refractivity contribution >= 4 is 35.8 Å². The maximum Gasteiger partial charge on any atom is 0.341 e. The van der Waals surface area contributed by atoms with Crippen LogP contribution in [0.4, 0.5) is 0 Å². The highest BCUT2D eigenvalue weighted by Crippen LogP contribution is 2.89. The van der Waals surface area contributed by atoms with Crippen LogP contribution >= 0.6 is 0 Å². The lowest BCUT2D eigenvalue weighted by Gasteiger charge is -2.78. The maximum absolute atomic E-state index is 14.4. The predicted octanol–water partition coefficient (Wildman–Crippen LogP) is 2.25. The third-order valence-electron chi connectivity index (χ3n) is 15.9. The van der Waals surface area contributed by atoms with E-state index in [9.17, 15) is 39.0 Å². The molecule has 3 aliphatic heterocycles.